The lowest BCUT2D eigenvalue weighted by Gasteiger charge is -2.19. The van der Waals surface area contributed by atoms with Gasteiger partial charge >= 0.3 is 0 Å². The highest BCUT2D eigenvalue weighted by atomic mass is 127. The maximum absolute atomic E-state index is 4.30. The third-order valence-corrected chi connectivity index (χ3v) is 4.25. The normalized spacial score (nSPS) is 15.6. The SMILES string of the molecule is CN=C(NCCn1cccn1)NCC1(c2ccccc2)CC1.I. The summed E-state index contributed by atoms with van der Waals surface area (Å²) in [6.45, 7) is 2.57. The van der Waals surface area contributed by atoms with Crippen LogP contribution in [0.4, 0.5) is 0 Å². The number of nitrogens with one attached hydrogen (secondary N) is 2. The summed E-state index contributed by atoms with van der Waals surface area (Å²) in [4.78, 5) is 4.30. The van der Waals surface area contributed by atoms with Crippen LogP contribution in [0.15, 0.2) is 53.8 Å². The minimum absolute atomic E-state index is 0. The van der Waals surface area contributed by atoms with Gasteiger partial charge in [0, 0.05) is 37.9 Å². The number of guanidine groups is 1. The monoisotopic (exact) mass is 425 g/mol. The Balaban J connectivity index is 0.00000192. The van der Waals surface area contributed by atoms with Crippen molar-refractivity contribution in [1.82, 2.24) is 20.4 Å². The van der Waals surface area contributed by atoms with Crippen molar-refractivity contribution in [1.29, 1.82) is 0 Å². The van der Waals surface area contributed by atoms with Gasteiger partial charge in [-0.15, -0.1) is 24.0 Å². The Kier molecular flexibility index (Phi) is 6.44. The number of aromatic nitrogens is 2. The molecule has 0 radical (unpaired) electrons. The van der Waals surface area contributed by atoms with Crippen LogP contribution in [0.25, 0.3) is 0 Å². The van der Waals surface area contributed by atoms with Crippen LogP contribution in [-0.2, 0) is 12.0 Å². The smallest absolute Gasteiger partial charge is 0.191 e. The molecule has 0 aliphatic heterocycles. The lowest BCUT2D eigenvalue weighted by atomic mass is 9.96. The molecule has 0 unspecified atom stereocenters. The van der Waals surface area contributed by atoms with E-state index in [4.69, 9.17) is 0 Å². The van der Waals surface area contributed by atoms with Crippen molar-refractivity contribution in [2.24, 2.45) is 4.99 Å². The highest BCUT2D eigenvalue weighted by Gasteiger charge is 2.43. The number of hydrogen-bond donors (Lipinski definition) is 2. The number of rotatable bonds is 6. The summed E-state index contributed by atoms with van der Waals surface area (Å²) in [7, 11) is 1.81. The van der Waals surface area contributed by atoms with Crippen LogP contribution in [0.2, 0.25) is 0 Å². The summed E-state index contributed by atoms with van der Waals surface area (Å²) < 4.78 is 1.91. The molecule has 0 amide bonds. The summed E-state index contributed by atoms with van der Waals surface area (Å²) in [6, 6.07) is 12.7. The molecule has 23 heavy (non-hydrogen) atoms. The molecule has 1 aromatic carbocycles. The van der Waals surface area contributed by atoms with Crippen LogP contribution in [0.5, 0.6) is 0 Å². The molecule has 1 aromatic heterocycles. The number of halogens is 1. The van der Waals surface area contributed by atoms with Crippen LogP contribution in [0, 0.1) is 0 Å². The van der Waals surface area contributed by atoms with E-state index in [9.17, 15) is 0 Å². The summed E-state index contributed by atoms with van der Waals surface area (Å²) in [5, 5.41) is 11.0. The van der Waals surface area contributed by atoms with Crippen molar-refractivity contribution in [3.63, 3.8) is 0 Å². The minimum Gasteiger partial charge on any atom is -0.356 e. The molecule has 0 atom stereocenters. The number of aliphatic imine (C=N–C) groups is 1. The Hall–Kier alpha value is -1.57. The number of benzene rings is 1. The van der Waals surface area contributed by atoms with Crippen molar-refractivity contribution in [2.75, 3.05) is 20.1 Å². The third-order valence-electron chi connectivity index (χ3n) is 4.25. The van der Waals surface area contributed by atoms with Crippen LogP contribution < -0.4 is 10.6 Å². The molecule has 2 aromatic rings. The zero-order chi connectivity index (χ0) is 15.3. The molecule has 1 aliphatic carbocycles. The second-order valence-corrected chi connectivity index (χ2v) is 5.77. The first kappa shape index (κ1) is 17.8. The Bertz CT molecular complexity index is 605. The first-order valence-corrected chi connectivity index (χ1v) is 7.80. The van der Waals surface area contributed by atoms with Crippen LogP contribution in [0.3, 0.4) is 0 Å². The van der Waals surface area contributed by atoms with E-state index in [2.05, 4.69) is 51.1 Å². The van der Waals surface area contributed by atoms with Gasteiger partial charge in [-0.25, -0.2) is 0 Å². The number of hydrogen-bond acceptors (Lipinski definition) is 2. The van der Waals surface area contributed by atoms with Crippen molar-refractivity contribution in [3.05, 3.63) is 54.4 Å². The molecule has 0 saturated heterocycles. The molecule has 0 spiro atoms. The minimum atomic E-state index is 0. The predicted molar refractivity (Wildman–Crippen MR) is 104 cm³/mol. The van der Waals surface area contributed by atoms with Gasteiger partial charge < -0.3 is 10.6 Å². The zero-order valence-corrected chi connectivity index (χ0v) is 15.7. The average molecular weight is 425 g/mol. The standard InChI is InChI=1S/C17H23N5.HI/c1-18-16(19-11-13-22-12-5-10-21-22)20-14-17(8-9-17)15-6-3-2-4-7-15;/h2-7,10,12H,8-9,11,13-14H2,1H3,(H2,18,19,20);1H. The van der Waals surface area contributed by atoms with Gasteiger partial charge in [-0.05, 0) is 24.5 Å². The molecule has 6 heteroatoms. The molecule has 1 heterocycles. The van der Waals surface area contributed by atoms with Gasteiger partial charge in [0.2, 0.25) is 0 Å². The van der Waals surface area contributed by atoms with Crippen LogP contribution >= 0.6 is 24.0 Å². The highest BCUT2D eigenvalue weighted by molar-refractivity contribution is 14.0. The van der Waals surface area contributed by atoms with Gasteiger partial charge in [0.15, 0.2) is 5.96 Å². The van der Waals surface area contributed by atoms with E-state index in [0.717, 1.165) is 25.6 Å². The molecule has 0 bridgehead atoms. The Morgan fingerprint density at radius 1 is 1.22 bits per heavy atom. The molecule has 5 nitrogen and oxygen atoms in total. The third kappa shape index (κ3) is 4.70. The van der Waals surface area contributed by atoms with Gasteiger partial charge in [-0.3, -0.25) is 9.67 Å². The maximum Gasteiger partial charge on any atom is 0.191 e. The number of nitrogens with zero attached hydrogens (tertiary/aromatic N) is 3. The Labute approximate surface area is 154 Å². The first-order chi connectivity index (χ1) is 10.8. The molecule has 124 valence electrons. The topological polar surface area (TPSA) is 54.2 Å². The predicted octanol–water partition coefficient (Wildman–Crippen LogP) is 2.40. The van der Waals surface area contributed by atoms with E-state index in [1.165, 1.54) is 18.4 Å². The van der Waals surface area contributed by atoms with E-state index >= 15 is 0 Å². The second-order valence-electron chi connectivity index (χ2n) is 5.77. The highest BCUT2D eigenvalue weighted by Crippen LogP contribution is 2.47. The van der Waals surface area contributed by atoms with E-state index < -0.39 is 0 Å². The van der Waals surface area contributed by atoms with E-state index in [0.29, 0.717) is 5.41 Å². The van der Waals surface area contributed by atoms with Crippen LogP contribution in [0.1, 0.15) is 18.4 Å². The lowest BCUT2D eigenvalue weighted by molar-refractivity contribution is 0.590. The van der Waals surface area contributed by atoms with E-state index in [1.807, 2.05) is 24.0 Å². The Morgan fingerprint density at radius 2 is 2.00 bits per heavy atom. The average Bonchev–Trinajstić information content (AvgIpc) is 3.18. The fraction of sp³-hybridized carbons (Fsp3) is 0.412. The van der Waals surface area contributed by atoms with Crippen molar-refractivity contribution < 1.29 is 0 Å². The summed E-state index contributed by atoms with van der Waals surface area (Å²) in [5.74, 6) is 0.856. The summed E-state index contributed by atoms with van der Waals surface area (Å²) in [5.41, 5.74) is 1.72. The Morgan fingerprint density at radius 3 is 2.61 bits per heavy atom. The van der Waals surface area contributed by atoms with Gasteiger partial charge in [0.25, 0.3) is 0 Å². The quantitative estimate of drug-likeness (QED) is 0.425. The maximum atomic E-state index is 4.30. The molecule has 1 fully saturated rings. The molecule has 3 rings (SSSR count). The largest absolute Gasteiger partial charge is 0.356 e. The fourth-order valence-electron chi connectivity index (χ4n) is 2.71. The van der Waals surface area contributed by atoms with Crippen molar-refractivity contribution in [3.8, 4) is 0 Å². The zero-order valence-electron chi connectivity index (χ0n) is 13.4. The van der Waals surface area contributed by atoms with Gasteiger partial charge in [-0.1, -0.05) is 30.3 Å². The van der Waals surface area contributed by atoms with Crippen molar-refractivity contribution >= 4 is 29.9 Å². The molecule has 2 N–H and O–H groups in total. The van der Waals surface area contributed by atoms with Gasteiger partial charge in [-0.2, -0.15) is 5.10 Å². The van der Waals surface area contributed by atoms with Crippen molar-refractivity contribution in [2.45, 2.75) is 24.8 Å². The van der Waals surface area contributed by atoms with Crippen LogP contribution in [-0.4, -0.2) is 35.9 Å². The van der Waals surface area contributed by atoms with Gasteiger partial charge in [0.05, 0.1) is 6.54 Å². The fourth-order valence-corrected chi connectivity index (χ4v) is 2.71. The molecular formula is C17H24IN5. The molecule has 1 aliphatic rings. The summed E-state index contributed by atoms with van der Waals surface area (Å²) >= 11 is 0. The summed E-state index contributed by atoms with van der Waals surface area (Å²) in [6.07, 6.45) is 6.25. The molecular weight excluding hydrogens is 401 g/mol. The second kappa shape index (κ2) is 8.33. The van der Waals surface area contributed by atoms with E-state index in [-0.39, 0.29) is 24.0 Å². The molecule has 1 saturated carbocycles. The van der Waals surface area contributed by atoms with Gasteiger partial charge in [0.1, 0.15) is 0 Å². The first-order valence-electron chi connectivity index (χ1n) is 7.80. The van der Waals surface area contributed by atoms with E-state index in [1.54, 1.807) is 6.20 Å². The lowest BCUT2D eigenvalue weighted by Crippen LogP contribution is -2.42.